The summed E-state index contributed by atoms with van der Waals surface area (Å²) in [6, 6.07) is 16.8. The largest absolute Gasteiger partial charge is 0.396 e. The van der Waals surface area contributed by atoms with Crippen LogP contribution in [0.2, 0.25) is 0 Å². The predicted molar refractivity (Wildman–Crippen MR) is 185 cm³/mol. The summed E-state index contributed by atoms with van der Waals surface area (Å²) in [5.41, 5.74) is 0.722. The number of aliphatic hydroxyl groups excluding tert-OH is 1. The van der Waals surface area contributed by atoms with E-state index in [2.05, 4.69) is 31.9 Å². The van der Waals surface area contributed by atoms with Gasteiger partial charge in [0.25, 0.3) is 5.91 Å². The van der Waals surface area contributed by atoms with E-state index in [1.54, 1.807) is 26.9 Å². The molecule has 2 bridgehead atoms. The van der Waals surface area contributed by atoms with Crippen molar-refractivity contribution in [2.24, 2.45) is 11.8 Å². The number of unbranched alkanes of at least 4 members (excludes halogenated alkanes) is 1. The summed E-state index contributed by atoms with van der Waals surface area (Å²) >= 11 is 0. The summed E-state index contributed by atoms with van der Waals surface area (Å²) in [6.45, 7) is 16.9. The van der Waals surface area contributed by atoms with Gasteiger partial charge in [-0.05, 0) is 76.3 Å². The molecular formula is C38H50N4O5. The van der Waals surface area contributed by atoms with Crippen LogP contribution in [0.15, 0.2) is 79.9 Å². The fourth-order valence-corrected chi connectivity index (χ4v) is 8.14. The summed E-state index contributed by atoms with van der Waals surface area (Å²) in [5, 5.41) is 9.56. The van der Waals surface area contributed by atoms with Crippen molar-refractivity contribution in [1.29, 1.82) is 0 Å². The molecule has 0 aliphatic carbocycles. The maximum Gasteiger partial charge on any atom is 0.253 e. The van der Waals surface area contributed by atoms with E-state index in [0.717, 1.165) is 24.3 Å². The lowest BCUT2D eigenvalue weighted by molar-refractivity contribution is -0.150. The van der Waals surface area contributed by atoms with Crippen molar-refractivity contribution < 1.29 is 24.2 Å². The minimum Gasteiger partial charge on any atom is -0.396 e. The molecule has 0 aromatic heterocycles. The molecule has 2 unspecified atom stereocenters. The number of nitrogens with zero attached hydrogens (tertiary/aromatic N) is 4. The smallest absolute Gasteiger partial charge is 0.253 e. The van der Waals surface area contributed by atoms with Gasteiger partial charge in [0.15, 0.2) is 0 Å². The number of rotatable bonds is 16. The Morgan fingerprint density at radius 1 is 0.957 bits per heavy atom. The normalized spacial score (nSPS) is 25.8. The van der Waals surface area contributed by atoms with Crippen LogP contribution in [-0.4, -0.2) is 89.2 Å². The van der Waals surface area contributed by atoms with Gasteiger partial charge in [0.2, 0.25) is 11.8 Å². The molecule has 47 heavy (non-hydrogen) atoms. The van der Waals surface area contributed by atoms with Gasteiger partial charge in [-0.1, -0.05) is 42.5 Å². The van der Waals surface area contributed by atoms with E-state index < -0.39 is 29.1 Å². The van der Waals surface area contributed by atoms with Crippen molar-refractivity contribution >= 4 is 29.1 Å². The van der Waals surface area contributed by atoms with Gasteiger partial charge < -0.3 is 29.4 Å². The van der Waals surface area contributed by atoms with Crippen molar-refractivity contribution in [3.05, 3.63) is 85.5 Å². The number of ether oxygens (including phenoxy) is 1. The number of likely N-dealkylation sites (tertiary alicyclic amines) is 1. The van der Waals surface area contributed by atoms with Crippen molar-refractivity contribution in [1.82, 2.24) is 9.80 Å². The first-order valence-corrected chi connectivity index (χ1v) is 17.0. The monoisotopic (exact) mass is 642 g/mol. The van der Waals surface area contributed by atoms with E-state index in [1.807, 2.05) is 61.5 Å². The Labute approximate surface area is 279 Å². The molecule has 3 saturated heterocycles. The van der Waals surface area contributed by atoms with Crippen LogP contribution in [0.25, 0.3) is 0 Å². The fraction of sp³-hybridized carbons (Fsp3) is 0.500. The summed E-state index contributed by atoms with van der Waals surface area (Å²) in [7, 11) is 0. The summed E-state index contributed by atoms with van der Waals surface area (Å²) in [4.78, 5) is 51.3. The highest BCUT2D eigenvalue weighted by molar-refractivity contribution is 6.05. The van der Waals surface area contributed by atoms with Crippen LogP contribution in [0, 0.1) is 11.8 Å². The highest BCUT2D eigenvalue weighted by atomic mass is 16.5. The molecule has 3 amide bonds. The molecule has 0 saturated carbocycles. The van der Waals surface area contributed by atoms with E-state index in [1.165, 1.54) is 0 Å². The standard InChI is InChI=1S/C38H50N4O5/c1-6-23-40(27-28-15-11-10-12-16-28)34(44)31-32-35(45)42(25-13-14-26-43)33(38(32)22-21-37(31,5)47-38)36(46)41(24-7-2)30-19-17-29(18-20-30)39(8-3)9-4/h6-7,10-12,15-20,31-33,43H,1-2,8-9,13-14,21-27H2,3-5H3/t31-,32-,33?,37+,38?/m0/s1. The first kappa shape index (κ1) is 34.4. The first-order chi connectivity index (χ1) is 22.7. The van der Waals surface area contributed by atoms with Gasteiger partial charge in [-0.3, -0.25) is 14.4 Å². The van der Waals surface area contributed by atoms with Gasteiger partial charge in [0.1, 0.15) is 11.6 Å². The highest BCUT2D eigenvalue weighted by Gasteiger charge is 2.78. The Morgan fingerprint density at radius 3 is 2.23 bits per heavy atom. The van der Waals surface area contributed by atoms with Crippen LogP contribution < -0.4 is 9.80 Å². The lowest BCUT2D eigenvalue weighted by atomic mass is 9.66. The lowest BCUT2D eigenvalue weighted by Crippen LogP contribution is -2.56. The summed E-state index contributed by atoms with van der Waals surface area (Å²) < 4.78 is 6.90. The number of amides is 3. The van der Waals surface area contributed by atoms with Crippen molar-refractivity contribution in [3.8, 4) is 0 Å². The highest BCUT2D eigenvalue weighted by Crippen LogP contribution is 2.63. The molecule has 2 aromatic carbocycles. The third-order valence-electron chi connectivity index (χ3n) is 10.3. The summed E-state index contributed by atoms with van der Waals surface area (Å²) in [5.74, 6) is -2.17. The third kappa shape index (κ3) is 6.23. The molecule has 3 heterocycles. The minimum absolute atomic E-state index is 0.0115. The molecule has 3 fully saturated rings. The molecule has 2 aromatic rings. The minimum atomic E-state index is -1.14. The molecule has 1 spiro atoms. The number of anilines is 2. The molecule has 5 rings (SSSR count). The van der Waals surface area contributed by atoms with Crippen LogP contribution in [0.3, 0.4) is 0 Å². The van der Waals surface area contributed by atoms with Crippen molar-refractivity contribution in [3.63, 3.8) is 0 Å². The molecule has 9 heteroatoms. The Bertz CT molecular complexity index is 1440. The lowest BCUT2D eigenvalue weighted by Gasteiger charge is -2.37. The zero-order chi connectivity index (χ0) is 33.8. The first-order valence-electron chi connectivity index (χ1n) is 17.0. The fourth-order valence-electron chi connectivity index (χ4n) is 8.14. The van der Waals surface area contributed by atoms with Gasteiger partial charge >= 0.3 is 0 Å². The molecular weight excluding hydrogens is 592 g/mol. The van der Waals surface area contributed by atoms with E-state index in [-0.39, 0.29) is 37.4 Å². The van der Waals surface area contributed by atoms with Crippen molar-refractivity contribution in [2.75, 3.05) is 49.1 Å². The van der Waals surface area contributed by atoms with Crippen LogP contribution in [-0.2, 0) is 25.7 Å². The maximum absolute atomic E-state index is 14.9. The third-order valence-corrected chi connectivity index (χ3v) is 10.3. The number of carbonyl (C=O) groups excluding carboxylic acids is 3. The van der Waals surface area contributed by atoms with Crippen LogP contribution in [0.4, 0.5) is 11.4 Å². The molecule has 0 radical (unpaired) electrons. The molecule has 1 N–H and O–H groups in total. The number of fused-ring (bicyclic) bond motifs is 1. The number of aliphatic hydroxyl groups is 1. The second-order valence-corrected chi connectivity index (χ2v) is 13.1. The second kappa shape index (κ2) is 14.4. The second-order valence-electron chi connectivity index (χ2n) is 13.1. The van der Waals surface area contributed by atoms with Crippen LogP contribution in [0.1, 0.15) is 52.0 Å². The topological polar surface area (TPSA) is 93.6 Å². The van der Waals surface area contributed by atoms with E-state index in [4.69, 9.17) is 4.74 Å². The maximum atomic E-state index is 14.9. The molecule has 3 aliphatic rings. The molecule has 252 valence electrons. The van der Waals surface area contributed by atoms with E-state index in [0.29, 0.717) is 44.5 Å². The number of hydrogen-bond donors (Lipinski definition) is 1. The molecule has 3 aliphatic heterocycles. The number of benzene rings is 2. The average molecular weight is 643 g/mol. The quantitative estimate of drug-likeness (QED) is 0.209. The Kier molecular flexibility index (Phi) is 10.6. The van der Waals surface area contributed by atoms with Crippen LogP contribution in [0.5, 0.6) is 0 Å². The Morgan fingerprint density at radius 2 is 1.62 bits per heavy atom. The van der Waals surface area contributed by atoms with Gasteiger partial charge in [-0.25, -0.2) is 0 Å². The van der Waals surface area contributed by atoms with Gasteiger partial charge in [-0.15, -0.1) is 13.2 Å². The predicted octanol–water partition coefficient (Wildman–Crippen LogP) is 4.80. The molecule has 5 atom stereocenters. The Hall–Kier alpha value is -3.95. The zero-order valence-corrected chi connectivity index (χ0v) is 28.1. The Balaban J connectivity index is 1.53. The molecule has 9 nitrogen and oxygen atoms in total. The summed E-state index contributed by atoms with van der Waals surface area (Å²) in [6.07, 6.45) is 5.48. The zero-order valence-electron chi connectivity index (χ0n) is 28.1. The van der Waals surface area contributed by atoms with Crippen LogP contribution >= 0.6 is 0 Å². The average Bonchev–Trinajstić information content (AvgIpc) is 3.65. The van der Waals surface area contributed by atoms with Crippen molar-refractivity contribution in [2.45, 2.75) is 70.2 Å². The van der Waals surface area contributed by atoms with Gasteiger partial charge in [-0.2, -0.15) is 0 Å². The van der Waals surface area contributed by atoms with Gasteiger partial charge in [0, 0.05) is 57.3 Å². The van der Waals surface area contributed by atoms with E-state index in [9.17, 15) is 19.5 Å². The SMILES string of the molecule is C=CCN(Cc1ccccc1)C(=O)[C@@H]1[C@H]2C(=O)N(CCCCO)C(C(=O)N(CC=C)c3ccc(N(CC)CC)cc3)C23CC[C@@]1(C)O3. The number of carbonyl (C=O) groups is 3. The van der Waals surface area contributed by atoms with E-state index >= 15 is 0 Å². The van der Waals surface area contributed by atoms with Gasteiger partial charge in [0.05, 0.1) is 17.4 Å². The number of hydrogen-bond acceptors (Lipinski definition) is 6.